The van der Waals surface area contributed by atoms with E-state index in [1.807, 2.05) is 7.05 Å². The van der Waals surface area contributed by atoms with Crippen LogP contribution in [0.25, 0.3) is 0 Å². The molecule has 0 aliphatic carbocycles. The maximum Gasteiger partial charge on any atom is 0.335 e. The Morgan fingerprint density at radius 2 is 2.30 bits per heavy atom. The SMILES string of the molecule is CN1CCCC(Nc2ccc(C(=O)O)cc2[N+](=O)[O-])C1. The smallest absolute Gasteiger partial charge is 0.335 e. The number of nitrogens with zero attached hydrogens (tertiary/aromatic N) is 2. The number of rotatable bonds is 4. The molecule has 108 valence electrons. The van der Waals surface area contributed by atoms with Gasteiger partial charge in [-0.05, 0) is 38.6 Å². The van der Waals surface area contributed by atoms with Crippen LogP contribution in [-0.2, 0) is 0 Å². The van der Waals surface area contributed by atoms with E-state index < -0.39 is 10.9 Å². The van der Waals surface area contributed by atoms with Gasteiger partial charge in [0.2, 0.25) is 0 Å². The summed E-state index contributed by atoms with van der Waals surface area (Å²) < 4.78 is 0. The molecule has 2 N–H and O–H groups in total. The van der Waals surface area contributed by atoms with E-state index in [0.717, 1.165) is 32.0 Å². The van der Waals surface area contributed by atoms with Gasteiger partial charge in [-0.2, -0.15) is 0 Å². The van der Waals surface area contributed by atoms with Crippen LogP contribution >= 0.6 is 0 Å². The summed E-state index contributed by atoms with van der Waals surface area (Å²) in [7, 11) is 2.01. The first-order chi connectivity index (χ1) is 9.47. The largest absolute Gasteiger partial charge is 0.478 e. The van der Waals surface area contributed by atoms with Crippen LogP contribution in [-0.4, -0.2) is 47.1 Å². The number of piperidine rings is 1. The van der Waals surface area contributed by atoms with Crippen LogP contribution in [0.3, 0.4) is 0 Å². The zero-order valence-electron chi connectivity index (χ0n) is 11.2. The molecule has 0 bridgehead atoms. The average Bonchev–Trinajstić information content (AvgIpc) is 2.38. The van der Waals surface area contributed by atoms with Gasteiger partial charge in [-0.3, -0.25) is 10.1 Å². The number of benzene rings is 1. The molecule has 0 aromatic heterocycles. The van der Waals surface area contributed by atoms with Crippen molar-refractivity contribution in [3.05, 3.63) is 33.9 Å². The van der Waals surface area contributed by atoms with Gasteiger partial charge in [-0.15, -0.1) is 0 Å². The number of nitro groups is 1. The van der Waals surface area contributed by atoms with Crippen LogP contribution in [0.5, 0.6) is 0 Å². The van der Waals surface area contributed by atoms with Crippen molar-refractivity contribution in [3.63, 3.8) is 0 Å². The predicted octanol–water partition coefficient (Wildman–Crippen LogP) is 1.80. The summed E-state index contributed by atoms with van der Waals surface area (Å²) in [6.07, 6.45) is 1.98. The van der Waals surface area contributed by atoms with E-state index in [1.165, 1.54) is 12.1 Å². The number of nitrogens with one attached hydrogen (secondary N) is 1. The molecule has 0 amide bonds. The number of carbonyl (C=O) groups is 1. The van der Waals surface area contributed by atoms with Gasteiger partial charge in [0.05, 0.1) is 10.5 Å². The molecule has 7 heteroatoms. The summed E-state index contributed by atoms with van der Waals surface area (Å²) in [4.78, 5) is 23.5. The maximum absolute atomic E-state index is 11.1. The molecular formula is C13H17N3O4. The summed E-state index contributed by atoms with van der Waals surface area (Å²) in [5.41, 5.74) is 0.0986. The number of nitro benzene ring substituents is 1. The number of anilines is 1. The second-order valence-electron chi connectivity index (χ2n) is 5.04. The first kappa shape index (κ1) is 14.3. The minimum absolute atomic E-state index is 0.0805. The Hall–Kier alpha value is -2.15. The molecule has 1 heterocycles. The average molecular weight is 279 g/mol. The Morgan fingerprint density at radius 3 is 2.90 bits per heavy atom. The van der Waals surface area contributed by atoms with Gasteiger partial charge < -0.3 is 15.3 Å². The molecule has 7 nitrogen and oxygen atoms in total. The molecule has 1 aromatic carbocycles. The molecule has 1 saturated heterocycles. The standard InChI is InChI=1S/C13H17N3O4/c1-15-6-2-3-10(8-15)14-11-5-4-9(13(17)18)7-12(11)16(19)20/h4-5,7,10,14H,2-3,6,8H2,1H3,(H,17,18). The second kappa shape index (κ2) is 5.87. The van der Waals surface area contributed by atoms with E-state index in [9.17, 15) is 14.9 Å². The quantitative estimate of drug-likeness (QED) is 0.644. The summed E-state index contributed by atoms with van der Waals surface area (Å²) >= 11 is 0. The fourth-order valence-corrected chi connectivity index (χ4v) is 2.44. The molecule has 0 radical (unpaired) electrons. The van der Waals surface area contributed by atoms with Crippen LogP contribution in [0.2, 0.25) is 0 Å². The Labute approximate surface area is 116 Å². The lowest BCUT2D eigenvalue weighted by Gasteiger charge is -2.30. The molecular weight excluding hydrogens is 262 g/mol. The van der Waals surface area contributed by atoms with Crippen molar-refractivity contribution in [1.29, 1.82) is 0 Å². The molecule has 1 unspecified atom stereocenters. The predicted molar refractivity (Wildman–Crippen MR) is 74.2 cm³/mol. The minimum Gasteiger partial charge on any atom is -0.478 e. The molecule has 2 rings (SSSR count). The van der Waals surface area contributed by atoms with Gasteiger partial charge in [0.25, 0.3) is 5.69 Å². The van der Waals surface area contributed by atoms with Crippen molar-refractivity contribution in [3.8, 4) is 0 Å². The van der Waals surface area contributed by atoms with Crippen molar-refractivity contribution in [1.82, 2.24) is 4.90 Å². The van der Waals surface area contributed by atoms with Gasteiger partial charge in [0.1, 0.15) is 5.69 Å². The van der Waals surface area contributed by atoms with E-state index in [2.05, 4.69) is 10.2 Å². The van der Waals surface area contributed by atoms with E-state index >= 15 is 0 Å². The lowest BCUT2D eigenvalue weighted by atomic mass is 10.1. The molecule has 0 spiro atoms. The third-order valence-electron chi connectivity index (χ3n) is 3.43. The van der Waals surface area contributed by atoms with Gasteiger partial charge in [0, 0.05) is 18.7 Å². The Morgan fingerprint density at radius 1 is 1.55 bits per heavy atom. The highest BCUT2D eigenvalue weighted by Gasteiger charge is 2.22. The number of aromatic carboxylic acids is 1. The fourth-order valence-electron chi connectivity index (χ4n) is 2.44. The number of hydrogen-bond acceptors (Lipinski definition) is 5. The zero-order chi connectivity index (χ0) is 14.7. The second-order valence-corrected chi connectivity index (χ2v) is 5.04. The summed E-state index contributed by atoms with van der Waals surface area (Å²) in [6, 6.07) is 4.08. The number of carboxylic acids is 1. The summed E-state index contributed by atoms with van der Waals surface area (Å²) in [5, 5.41) is 23.1. The highest BCUT2D eigenvalue weighted by Crippen LogP contribution is 2.27. The Balaban J connectivity index is 2.22. The number of likely N-dealkylation sites (N-methyl/N-ethyl adjacent to an activating group) is 1. The zero-order valence-corrected chi connectivity index (χ0v) is 11.2. The van der Waals surface area contributed by atoms with E-state index in [4.69, 9.17) is 5.11 Å². The van der Waals surface area contributed by atoms with Crippen molar-refractivity contribution in [2.45, 2.75) is 18.9 Å². The molecule has 1 aliphatic heterocycles. The van der Waals surface area contributed by atoms with E-state index in [-0.39, 0.29) is 17.3 Å². The summed E-state index contributed by atoms with van der Waals surface area (Å²) in [5.74, 6) is -1.17. The van der Waals surface area contributed by atoms with Crippen molar-refractivity contribution < 1.29 is 14.8 Å². The number of carboxylic acid groups (broad SMARTS) is 1. The van der Waals surface area contributed by atoms with Crippen LogP contribution in [0.1, 0.15) is 23.2 Å². The minimum atomic E-state index is -1.17. The van der Waals surface area contributed by atoms with Crippen molar-refractivity contribution in [2.24, 2.45) is 0 Å². The monoisotopic (exact) mass is 279 g/mol. The first-order valence-corrected chi connectivity index (χ1v) is 6.44. The third-order valence-corrected chi connectivity index (χ3v) is 3.43. The molecule has 1 aliphatic rings. The van der Waals surface area contributed by atoms with Crippen molar-refractivity contribution >= 4 is 17.3 Å². The van der Waals surface area contributed by atoms with E-state index in [1.54, 1.807) is 0 Å². The topological polar surface area (TPSA) is 95.7 Å². The molecule has 1 fully saturated rings. The number of likely N-dealkylation sites (tertiary alicyclic amines) is 1. The molecule has 1 aromatic rings. The lowest BCUT2D eigenvalue weighted by Crippen LogP contribution is -2.39. The van der Waals surface area contributed by atoms with Crippen LogP contribution in [0.15, 0.2) is 18.2 Å². The third kappa shape index (κ3) is 3.24. The Kier molecular flexibility index (Phi) is 4.19. The van der Waals surface area contributed by atoms with Crippen LogP contribution in [0, 0.1) is 10.1 Å². The van der Waals surface area contributed by atoms with Gasteiger partial charge >= 0.3 is 5.97 Å². The fraction of sp³-hybridized carbons (Fsp3) is 0.462. The van der Waals surface area contributed by atoms with Crippen LogP contribution in [0.4, 0.5) is 11.4 Å². The normalized spacial score (nSPS) is 19.6. The van der Waals surface area contributed by atoms with Crippen molar-refractivity contribution in [2.75, 3.05) is 25.5 Å². The summed E-state index contributed by atoms with van der Waals surface area (Å²) in [6.45, 7) is 1.84. The Bertz CT molecular complexity index is 532. The van der Waals surface area contributed by atoms with Gasteiger partial charge in [-0.1, -0.05) is 0 Å². The van der Waals surface area contributed by atoms with Gasteiger partial charge in [-0.25, -0.2) is 4.79 Å². The maximum atomic E-state index is 11.1. The molecule has 0 saturated carbocycles. The van der Waals surface area contributed by atoms with E-state index in [0.29, 0.717) is 5.69 Å². The highest BCUT2D eigenvalue weighted by atomic mass is 16.6. The van der Waals surface area contributed by atoms with Crippen LogP contribution < -0.4 is 5.32 Å². The number of hydrogen-bond donors (Lipinski definition) is 2. The van der Waals surface area contributed by atoms with Gasteiger partial charge in [0.15, 0.2) is 0 Å². The highest BCUT2D eigenvalue weighted by molar-refractivity contribution is 5.89. The molecule has 20 heavy (non-hydrogen) atoms. The first-order valence-electron chi connectivity index (χ1n) is 6.44. The molecule has 1 atom stereocenters. The lowest BCUT2D eigenvalue weighted by molar-refractivity contribution is -0.384.